The minimum atomic E-state index is -0.909. The molecular weight excluding hydrogens is 322 g/mol. The Labute approximate surface area is 116 Å². The van der Waals surface area contributed by atoms with Gasteiger partial charge in [0.2, 0.25) is 0 Å². The molecule has 0 aromatic carbocycles. The van der Waals surface area contributed by atoms with E-state index >= 15 is 0 Å². The van der Waals surface area contributed by atoms with Gasteiger partial charge in [0.05, 0.1) is 24.0 Å². The minimum Gasteiger partial charge on any atom is -0.481 e. The molecule has 1 aromatic heterocycles. The van der Waals surface area contributed by atoms with Gasteiger partial charge in [0, 0.05) is 22.9 Å². The van der Waals surface area contributed by atoms with E-state index in [1.54, 1.807) is 11.0 Å². The van der Waals surface area contributed by atoms with E-state index in [1.165, 1.54) is 11.3 Å². The maximum Gasteiger partial charge on any atom is 0.306 e. The molecule has 1 unspecified atom stereocenters. The second kappa shape index (κ2) is 5.81. The first kappa shape index (κ1) is 13.5. The van der Waals surface area contributed by atoms with Crippen molar-refractivity contribution in [2.45, 2.75) is 12.5 Å². The second-order valence-electron chi connectivity index (χ2n) is 3.97. The topological polar surface area (TPSA) is 66.8 Å². The van der Waals surface area contributed by atoms with Gasteiger partial charge in [-0.1, -0.05) is 0 Å². The van der Waals surface area contributed by atoms with Crippen molar-refractivity contribution in [3.8, 4) is 0 Å². The lowest BCUT2D eigenvalue weighted by atomic mass is 10.2. The molecule has 1 saturated heterocycles. The fraction of sp³-hybridized carbons (Fsp3) is 0.455. The number of halogens is 1. The van der Waals surface area contributed by atoms with Crippen LogP contribution in [0.1, 0.15) is 16.1 Å². The molecule has 1 atom stereocenters. The molecular formula is C11H12BrNO4S. The number of thiophene rings is 1. The third-order valence-electron chi connectivity index (χ3n) is 2.61. The Hall–Kier alpha value is -0.920. The molecule has 18 heavy (non-hydrogen) atoms. The highest BCUT2D eigenvalue weighted by Crippen LogP contribution is 2.22. The summed E-state index contributed by atoms with van der Waals surface area (Å²) in [5, 5.41) is 10.6. The van der Waals surface area contributed by atoms with Crippen LogP contribution in [0.2, 0.25) is 0 Å². The number of carbonyl (C=O) groups is 2. The predicted octanol–water partition coefficient (Wildman–Crippen LogP) is 1.83. The SMILES string of the molecule is O=C(O)CC1CN(C(=O)c2cc(Br)cs2)CCO1. The largest absolute Gasteiger partial charge is 0.481 e. The number of aliphatic carboxylic acids is 1. The number of nitrogens with zero attached hydrogens (tertiary/aromatic N) is 1. The van der Waals surface area contributed by atoms with Gasteiger partial charge in [-0.05, 0) is 22.0 Å². The van der Waals surface area contributed by atoms with Gasteiger partial charge in [0.1, 0.15) is 0 Å². The summed E-state index contributed by atoms with van der Waals surface area (Å²) >= 11 is 4.68. The Morgan fingerprint density at radius 2 is 2.39 bits per heavy atom. The number of carbonyl (C=O) groups excluding carboxylic acids is 1. The Morgan fingerprint density at radius 3 is 3.00 bits per heavy atom. The molecule has 98 valence electrons. The predicted molar refractivity (Wildman–Crippen MR) is 69.9 cm³/mol. The molecule has 0 bridgehead atoms. The number of rotatable bonds is 3. The Balaban J connectivity index is 2.00. The van der Waals surface area contributed by atoms with Gasteiger partial charge in [0.15, 0.2) is 0 Å². The number of carboxylic acids is 1. The average Bonchev–Trinajstić information content (AvgIpc) is 2.74. The normalized spacial score (nSPS) is 19.8. The van der Waals surface area contributed by atoms with E-state index in [-0.39, 0.29) is 12.3 Å². The van der Waals surface area contributed by atoms with Gasteiger partial charge >= 0.3 is 5.97 Å². The van der Waals surface area contributed by atoms with Crippen LogP contribution in [0.25, 0.3) is 0 Å². The smallest absolute Gasteiger partial charge is 0.306 e. The van der Waals surface area contributed by atoms with Crippen LogP contribution in [0.15, 0.2) is 15.9 Å². The lowest BCUT2D eigenvalue weighted by Crippen LogP contribution is -2.46. The van der Waals surface area contributed by atoms with Crippen molar-refractivity contribution >= 4 is 39.1 Å². The van der Waals surface area contributed by atoms with E-state index in [9.17, 15) is 9.59 Å². The van der Waals surface area contributed by atoms with Gasteiger partial charge in [-0.15, -0.1) is 11.3 Å². The van der Waals surface area contributed by atoms with Gasteiger partial charge in [-0.25, -0.2) is 0 Å². The maximum absolute atomic E-state index is 12.2. The third kappa shape index (κ3) is 3.30. The molecule has 1 fully saturated rings. The molecule has 0 saturated carbocycles. The average molecular weight is 334 g/mol. The van der Waals surface area contributed by atoms with Crippen molar-refractivity contribution in [3.05, 3.63) is 20.8 Å². The van der Waals surface area contributed by atoms with Crippen molar-refractivity contribution < 1.29 is 19.4 Å². The van der Waals surface area contributed by atoms with Crippen LogP contribution < -0.4 is 0 Å². The first-order valence-electron chi connectivity index (χ1n) is 5.43. The quantitative estimate of drug-likeness (QED) is 0.916. The number of morpholine rings is 1. The summed E-state index contributed by atoms with van der Waals surface area (Å²) in [6, 6.07) is 1.77. The zero-order valence-corrected chi connectivity index (χ0v) is 11.9. The van der Waals surface area contributed by atoms with Crippen LogP contribution >= 0.6 is 27.3 Å². The van der Waals surface area contributed by atoms with E-state index < -0.39 is 12.1 Å². The number of hydrogen-bond acceptors (Lipinski definition) is 4. The van der Waals surface area contributed by atoms with E-state index in [0.717, 1.165) is 4.47 Å². The van der Waals surface area contributed by atoms with Crippen LogP contribution in [-0.4, -0.2) is 47.7 Å². The highest BCUT2D eigenvalue weighted by molar-refractivity contribution is 9.10. The molecule has 0 spiro atoms. The van der Waals surface area contributed by atoms with Gasteiger partial charge < -0.3 is 14.7 Å². The molecule has 1 N–H and O–H groups in total. The molecule has 0 radical (unpaired) electrons. The standard InChI is InChI=1S/C11H12BrNO4S/c12-7-3-9(18-6-7)11(16)13-1-2-17-8(5-13)4-10(14)15/h3,6,8H,1-2,4-5H2,(H,14,15). The second-order valence-corrected chi connectivity index (χ2v) is 5.80. The lowest BCUT2D eigenvalue weighted by molar-refractivity contribution is -0.141. The summed E-state index contributed by atoms with van der Waals surface area (Å²) in [5.74, 6) is -0.974. The van der Waals surface area contributed by atoms with Crippen LogP contribution in [0.4, 0.5) is 0 Å². The minimum absolute atomic E-state index is 0.0654. The zero-order chi connectivity index (χ0) is 13.1. The summed E-state index contributed by atoms with van der Waals surface area (Å²) < 4.78 is 6.21. The zero-order valence-electron chi connectivity index (χ0n) is 9.47. The monoisotopic (exact) mass is 333 g/mol. The van der Waals surface area contributed by atoms with E-state index in [0.29, 0.717) is 24.6 Å². The Morgan fingerprint density at radius 1 is 1.61 bits per heavy atom. The van der Waals surface area contributed by atoms with Crippen molar-refractivity contribution in [2.24, 2.45) is 0 Å². The molecule has 2 rings (SSSR count). The molecule has 0 aliphatic carbocycles. The van der Waals surface area contributed by atoms with Gasteiger partial charge in [-0.2, -0.15) is 0 Å². The number of amides is 1. The summed E-state index contributed by atoms with van der Waals surface area (Å²) in [7, 11) is 0. The van der Waals surface area contributed by atoms with Crippen molar-refractivity contribution in [1.82, 2.24) is 4.90 Å². The van der Waals surface area contributed by atoms with Crippen LogP contribution in [0.3, 0.4) is 0 Å². The Bertz CT molecular complexity index is 462. The molecule has 5 nitrogen and oxygen atoms in total. The van der Waals surface area contributed by atoms with Crippen molar-refractivity contribution in [2.75, 3.05) is 19.7 Å². The van der Waals surface area contributed by atoms with E-state index in [1.807, 2.05) is 5.38 Å². The van der Waals surface area contributed by atoms with Crippen LogP contribution in [0.5, 0.6) is 0 Å². The fourth-order valence-corrected chi connectivity index (χ4v) is 3.20. The highest BCUT2D eigenvalue weighted by Gasteiger charge is 2.27. The highest BCUT2D eigenvalue weighted by atomic mass is 79.9. The van der Waals surface area contributed by atoms with Crippen LogP contribution in [0, 0.1) is 0 Å². The van der Waals surface area contributed by atoms with Crippen molar-refractivity contribution in [3.63, 3.8) is 0 Å². The molecule has 7 heteroatoms. The maximum atomic E-state index is 12.2. The third-order valence-corrected chi connectivity index (χ3v) is 4.29. The number of hydrogen-bond donors (Lipinski definition) is 1. The van der Waals surface area contributed by atoms with Gasteiger partial charge in [-0.3, -0.25) is 9.59 Å². The van der Waals surface area contributed by atoms with Crippen molar-refractivity contribution in [1.29, 1.82) is 0 Å². The number of ether oxygens (including phenoxy) is 1. The molecule has 1 amide bonds. The summed E-state index contributed by atoms with van der Waals surface area (Å²) in [6.45, 7) is 1.22. The summed E-state index contributed by atoms with van der Waals surface area (Å²) in [5.41, 5.74) is 0. The first-order chi connectivity index (χ1) is 8.56. The first-order valence-corrected chi connectivity index (χ1v) is 7.10. The summed E-state index contributed by atoms with van der Waals surface area (Å²) in [4.78, 5) is 25.1. The number of carboxylic acid groups (broad SMARTS) is 1. The van der Waals surface area contributed by atoms with E-state index in [2.05, 4.69) is 15.9 Å². The molecule has 2 heterocycles. The summed E-state index contributed by atoms with van der Waals surface area (Å²) in [6.07, 6.45) is -0.485. The van der Waals surface area contributed by atoms with Crippen LogP contribution in [-0.2, 0) is 9.53 Å². The Kier molecular flexibility index (Phi) is 4.36. The van der Waals surface area contributed by atoms with Gasteiger partial charge in [0.25, 0.3) is 5.91 Å². The van der Waals surface area contributed by atoms with E-state index in [4.69, 9.17) is 9.84 Å². The molecule has 1 aliphatic heterocycles. The lowest BCUT2D eigenvalue weighted by Gasteiger charge is -2.32. The fourth-order valence-electron chi connectivity index (χ4n) is 1.80. The molecule has 1 aliphatic rings. The molecule has 1 aromatic rings.